The Kier molecular flexibility index (Phi) is 5.00. The number of nitrogens with zero attached hydrogens (tertiary/aromatic N) is 3. The van der Waals surface area contributed by atoms with Crippen molar-refractivity contribution in [2.75, 3.05) is 7.11 Å². The third-order valence-electron chi connectivity index (χ3n) is 2.95. The normalized spacial score (nSPS) is 10.6. The zero-order chi connectivity index (χ0) is 16.2. The van der Waals surface area contributed by atoms with Crippen molar-refractivity contribution < 1.29 is 4.74 Å². The van der Waals surface area contributed by atoms with Gasteiger partial charge in [-0.25, -0.2) is 9.97 Å². The molecule has 0 bridgehead atoms. The first kappa shape index (κ1) is 16.1. The highest BCUT2D eigenvalue weighted by Gasteiger charge is 2.15. The Hall–Kier alpha value is -1.82. The zero-order valence-electron chi connectivity index (χ0n) is 12.0. The average Bonchev–Trinajstić information content (AvgIpc) is 2.59. The van der Waals surface area contributed by atoms with E-state index in [0.717, 1.165) is 4.90 Å². The largest absolute Gasteiger partial charge is 0.492 e. The summed E-state index contributed by atoms with van der Waals surface area (Å²) in [5.74, 6) is 1.06. The van der Waals surface area contributed by atoms with Crippen molar-refractivity contribution >= 4 is 35.0 Å². The Bertz CT molecular complexity index is 811. The average molecular weight is 364 g/mol. The minimum Gasteiger partial charge on any atom is -0.492 e. The highest BCUT2D eigenvalue weighted by Crippen LogP contribution is 2.41. The van der Waals surface area contributed by atoms with E-state index in [0.29, 0.717) is 32.3 Å². The van der Waals surface area contributed by atoms with Gasteiger partial charge < -0.3 is 4.74 Å². The molecule has 3 aromatic rings. The SMILES string of the molecule is COc1cnc(-c2ccccn2)nc1Sc1c(Cl)cccc1Cl. The van der Waals surface area contributed by atoms with Gasteiger partial charge >= 0.3 is 0 Å². The Labute approximate surface area is 147 Å². The van der Waals surface area contributed by atoms with Crippen molar-refractivity contribution in [3.63, 3.8) is 0 Å². The van der Waals surface area contributed by atoms with Crippen molar-refractivity contribution in [1.29, 1.82) is 0 Å². The second-order valence-corrected chi connectivity index (χ2v) is 6.25. The van der Waals surface area contributed by atoms with Gasteiger partial charge in [-0.15, -0.1) is 0 Å². The van der Waals surface area contributed by atoms with Gasteiger partial charge in [0.1, 0.15) is 10.7 Å². The van der Waals surface area contributed by atoms with Crippen LogP contribution in [-0.4, -0.2) is 22.1 Å². The first-order valence-electron chi connectivity index (χ1n) is 6.63. The second kappa shape index (κ2) is 7.17. The predicted octanol–water partition coefficient (Wildman–Crippen LogP) is 5.01. The van der Waals surface area contributed by atoms with E-state index >= 15 is 0 Å². The molecule has 1 aromatic carbocycles. The molecule has 2 heterocycles. The number of rotatable bonds is 4. The minimum absolute atomic E-state index is 0.511. The first-order valence-corrected chi connectivity index (χ1v) is 8.20. The van der Waals surface area contributed by atoms with E-state index in [1.54, 1.807) is 37.7 Å². The quantitative estimate of drug-likeness (QED) is 0.610. The molecule has 0 spiro atoms. The third-order valence-corrected chi connectivity index (χ3v) is 4.94. The fourth-order valence-electron chi connectivity index (χ4n) is 1.86. The number of pyridine rings is 1. The molecule has 0 N–H and O–H groups in total. The van der Waals surface area contributed by atoms with Crippen LogP contribution in [0, 0.1) is 0 Å². The number of benzene rings is 1. The molecule has 0 fully saturated rings. The molecule has 0 saturated carbocycles. The number of hydrogen-bond donors (Lipinski definition) is 0. The molecule has 0 atom stereocenters. The molecule has 116 valence electrons. The molecule has 7 heteroatoms. The van der Waals surface area contributed by atoms with Crippen LogP contribution in [-0.2, 0) is 0 Å². The van der Waals surface area contributed by atoms with Gasteiger partial charge in [0.15, 0.2) is 11.6 Å². The summed E-state index contributed by atoms with van der Waals surface area (Å²) >= 11 is 13.8. The van der Waals surface area contributed by atoms with Crippen LogP contribution < -0.4 is 4.74 Å². The number of aromatic nitrogens is 3. The van der Waals surface area contributed by atoms with Crippen molar-refractivity contribution in [3.8, 4) is 17.3 Å². The Morgan fingerprint density at radius 3 is 2.43 bits per heavy atom. The van der Waals surface area contributed by atoms with E-state index in [2.05, 4.69) is 15.0 Å². The van der Waals surface area contributed by atoms with Gasteiger partial charge in [-0.2, -0.15) is 0 Å². The summed E-state index contributed by atoms with van der Waals surface area (Å²) in [4.78, 5) is 13.8. The van der Waals surface area contributed by atoms with Gasteiger partial charge in [0.2, 0.25) is 0 Å². The Morgan fingerprint density at radius 1 is 1.00 bits per heavy atom. The van der Waals surface area contributed by atoms with Crippen molar-refractivity contribution in [2.24, 2.45) is 0 Å². The van der Waals surface area contributed by atoms with E-state index in [4.69, 9.17) is 27.9 Å². The molecule has 2 aromatic heterocycles. The standard InChI is InChI=1S/C16H11Cl2N3OS/c1-22-13-9-20-15(12-7-2-3-8-19-12)21-16(13)23-14-10(17)5-4-6-11(14)18/h2-9H,1H3. The van der Waals surface area contributed by atoms with Crippen LogP contribution >= 0.6 is 35.0 Å². The summed E-state index contributed by atoms with van der Waals surface area (Å²) < 4.78 is 5.34. The topological polar surface area (TPSA) is 47.9 Å². The lowest BCUT2D eigenvalue weighted by Crippen LogP contribution is -1.96. The highest BCUT2D eigenvalue weighted by molar-refractivity contribution is 7.99. The maximum absolute atomic E-state index is 6.23. The molecule has 0 aliphatic carbocycles. The number of halogens is 2. The molecule has 23 heavy (non-hydrogen) atoms. The van der Waals surface area contributed by atoms with Crippen LogP contribution in [0.5, 0.6) is 5.75 Å². The maximum Gasteiger partial charge on any atom is 0.179 e. The summed E-state index contributed by atoms with van der Waals surface area (Å²) in [6.07, 6.45) is 3.31. The maximum atomic E-state index is 6.23. The van der Waals surface area contributed by atoms with Gasteiger partial charge in [-0.05, 0) is 24.3 Å². The van der Waals surface area contributed by atoms with Crippen molar-refractivity contribution in [3.05, 3.63) is 58.8 Å². The van der Waals surface area contributed by atoms with Crippen molar-refractivity contribution in [2.45, 2.75) is 9.92 Å². The Balaban J connectivity index is 2.04. The smallest absolute Gasteiger partial charge is 0.179 e. The number of hydrogen-bond acceptors (Lipinski definition) is 5. The first-order chi connectivity index (χ1) is 11.2. The molecule has 0 radical (unpaired) electrons. The van der Waals surface area contributed by atoms with Crippen LogP contribution in [0.1, 0.15) is 0 Å². The highest BCUT2D eigenvalue weighted by atomic mass is 35.5. The molecule has 0 aliphatic heterocycles. The molecule has 0 saturated heterocycles. The molecule has 4 nitrogen and oxygen atoms in total. The van der Waals surface area contributed by atoms with Gasteiger partial charge in [0, 0.05) is 6.20 Å². The van der Waals surface area contributed by atoms with Crippen LogP contribution in [0.2, 0.25) is 10.0 Å². The van der Waals surface area contributed by atoms with Gasteiger partial charge in [0.25, 0.3) is 0 Å². The summed E-state index contributed by atoms with van der Waals surface area (Å²) in [6.45, 7) is 0. The summed E-state index contributed by atoms with van der Waals surface area (Å²) in [5.41, 5.74) is 0.683. The third kappa shape index (κ3) is 3.58. The summed E-state index contributed by atoms with van der Waals surface area (Å²) in [5, 5.41) is 1.74. The zero-order valence-corrected chi connectivity index (χ0v) is 14.4. The monoisotopic (exact) mass is 363 g/mol. The summed E-state index contributed by atoms with van der Waals surface area (Å²) in [7, 11) is 1.57. The fraction of sp³-hybridized carbons (Fsp3) is 0.0625. The van der Waals surface area contributed by atoms with Crippen LogP contribution in [0.15, 0.2) is 58.7 Å². The van der Waals surface area contributed by atoms with Gasteiger partial charge in [0.05, 0.1) is 28.2 Å². The molecule has 0 unspecified atom stereocenters. The number of ether oxygens (including phenoxy) is 1. The van der Waals surface area contributed by atoms with Crippen LogP contribution in [0.4, 0.5) is 0 Å². The van der Waals surface area contributed by atoms with Gasteiger partial charge in [-0.1, -0.05) is 47.1 Å². The minimum atomic E-state index is 0.511. The van der Waals surface area contributed by atoms with Crippen LogP contribution in [0.25, 0.3) is 11.5 Å². The van der Waals surface area contributed by atoms with Crippen LogP contribution in [0.3, 0.4) is 0 Å². The molecule has 3 rings (SSSR count). The Morgan fingerprint density at radius 2 is 1.78 bits per heavy atom. The predicted molar refractivity (Wildman–Crippen MR) is 92.4 cm³/mol. The van der Waals surface area contributed by atoms with E-state index < -0.39 is 0 Å². The van der Waals surface area contributed by atoms with Crippen molar-refractivity contribution in [1.82, 2.24) is 15.0 Å². The van der Waals surface area contributed by atoms with E-state index in [-0.39, 0.29) is 0 Å². The van der Waals surface area contributed by atoms with E-state index in [1.165, 1.54) is 11.8 Å². The van der Waals surface area contributed by atoms with E-state index in [9.17, 15) is 0 Å². The van der Waals surface area contributed by atoms with E-state index in [1.807, 2.05) is 18.2 Å². The molecule has 0 aliphatic rings. The lowest BCUT2D eigenvalue weighted by atomic mass is 10.3. The van der Waals surface area contributed by atoms with Gasteiger partial charge in [-0.3, -0.25) is 4.98 Å². The molecule has 0 amide bonds. The number of methoxy groups -OCH3 is 1. The lowest BCUT2D eigenvalue weighted by molar-refractivity contribution is 0.398. The fourth-order valence-corrected chi connectivity index (χ4v) is 3.39. The molecular formula is C16H11Cl2N3OS. The second-order valence-electron chi connectivity index (χ2n) is 4.43. The molecular weight excluding hydrogens is 353 g/mol. The lowest BCUT2D eigenvalue weighted by Gasteiger charge is -2.10. The summed E-state index contributed by atoms with van der Waals surface area (Å²) in [6, 6.07) is 10.9.